The Hall–Kier alpha value is -2.18. The number of hydrogen-bond donors (Lipinski definition) is 2. The third-order valence-electron chi connectivity index (χ3n) is 2.66. The molecule has 0 unspecified atom stereocenters. The van der Waals surface area contributed by atoms with E-state index in [0.29, 0.717) is 12.1 Å². The van der Waals surface area contributed by atoms with E-state index < -0.39 is 23.4 Å². The highest BCUT2D eigenvalue weighted by Crippen LogP contribution is 2.20. The molecule has 2 aromatic rings. The number of rotatable bonds is 2. The first-order chi connectivity index (χ1) is 10.4. The molecule has 0 heterocycles. The molecular weight excluding hydrogens is 337 g/mol. The zero-order valence-electron chi connectivity index (χ0n) is 10.8. The summed E-state index contributed by atoms with van der Waals surface area (Å²) in [6.45, 7) is 0. The van der Waals surface area contributed by atoms with Crippen molar-refractivity contribution < 1.29 is 18.4 Å². The molecule has 2 amide bonds. The fraction of sp³-hybridized carbons (Fsp3) is 0. The lowest BCUT2D eigenvalue weighted by Gasteiger charge is -2.09. The molecule has 0 bridgehead atoms. The van der Waals surface area contributed by atoms with Crippen LogP contribution in [0.15, 0.2) is 36.4 Å². The lowest BCUT2D eigenvalue weighted by Crippen LogP contribution is -2.41. The Labute approximate surface area is 134 Å². The van der Waals surface area contributed by atoms with Crippen molar-refractivity contribution in [1.29, 1.82) is 0 Å². The van der Waals surface area contributed by atoms with Crippen molar-refractivity contribution in [3.05, 3.63) is 69.2 Å². The molecule has 0 aliphatic heterocycles. The van der Waals surface area contributed by atoms with Crippen molar-refractivity contribution in [1.82, 2.24) is 10.9 Å². The Morgan fingerprint density at radius 3 is 2.00 bits per heavy atom. The van der Waals surface area contributed by atoms with Crippen LogP contribution in [0.4, 0.5) is 8.78 Å². The van der Waals surface area contributed by atoms with E-state index in [0.717, 1.165) is 0 Å². The van der Waals surface area contributed by atoms with Gasteiger partial charge >= 0.3 is 0 Å². The topological polar surface area (TPSA) is 58.2 Å². The number of benzene rings is 2. The lowest BCUT2D eigenvalue weighted by molar-refractivity contribution is 0.0846. The molecule has 0 aliphatic carbocycles. The molecule has 0 saturated carbocycles. The van der Waals surface area contributed by atoms with Crippen LogP contribution in [0.2, 0.25) is 10.0 Å². The smallest absolute Gasteiger partial charge is 0.267 e. The highest BCUT2D eigenvalue weighted by Gasteiger charge is 2.16. The Morgan fingerprint density at radius 1 is 0.818 bits per heavy atom. The van der Waals surface area contributed by atoms with Crippen molar-refractivity contribution in [2.45, 2.75) is 0 Å². The number of hydrogen-bond acceptors (Lipinski definition) is 2. The molecule has 0 saturated heterocycles. The van der Waals surface area contributed by atoms with Gasteiger partial charge in [-0.25, -0.2) is 8.78 Å². The summed E-state index contributed by atoms with van der Waals surface area (Å²) in [5.41, 5.74) is 3.96. The zero-order chi connectivity index (χ0) is 16.3. The van der Waals surface area contributed by atoms with Crippen LogP contribution in [0.5, 0.6) is 0 Å². The van der Waals surface area contributed by atoms with E-state index in [-0.39, 0.29) is 21.2 Å². The van der Waals surface area contributed by atoms with Gasteiger partial charge in [0.15, 0.2) is 11.6 Å². The van der Waals surface area contributed by atoms with Crippen molar-refractivity contribution in [2.24, 2.45) is 0 Å². The molecule has 0 radical (unpaired) electrons. The van der Waals surface area contributed by atoms with Gasteiger partial charge in [-0.2, -0.15) is 0 Å². The van der Waals surface area contributed by atoms with Crippen molar-refractivity contribution in [2.75, 3.05) is 0 Å². The number of carbonyl (C=O) groups excluding carboxylic acids is 2. The molecular formula is C14H8Cl2F2N2O2. The van der Waals surface area contributed by atoms with Gasteiger partial charge in [0.25, 0.3) is 11.8 Å². The quantitative estimate of drug-likeness (QED) is 0.648. The standard InChI is InChI=1S/C14H8Cl2F2N2O2/c15-9-4-2-1-3-7(9)13(21)19-20-14(22)8-5-11(17)12(18)6-10(8)16/h1-6H,(H,19,21)(H,20,22). The van der Waals surface area contributed by atoms with E-state index in [1.54, 1.807) is 12.1 Å². The molecule has 2 rings (SSSR count). The monoisotopic (exact) mass is 344 g/mol. The van der Waals surface area contributed by atoms with E-state index in [1.165, 1.54) is 12.1 Å². The molecule has 0 spiro atoms. The SMILES string of the molecule is O=C(NNC(=O)c1cc(F)c(F)cc1Cl)c1ccccc1Cl. The molecule has 0 fully saturated rings. The molecule has 8 heteroatoms. The predicted molar refractivity (Wildman–Crippen MR) is 77.8 cm³/mol. The second-order valence-electron chi connectivity index (χ2n) is 4.13. The van der Waals surface area contributed by atoms with Crippen molar-refractivity contribution >= 4 is 35.0 Å². The second kappa shape index (κ2) is 6.72. The Bertz CT molecular complexity index is 754. The minimum absolute atomic E-state index is 0.140. The van der Waals surface area contributed by atoms with Gasteiger partial charge < -0.3 is 0 Å². The van der Waals surface area contributed by atoms with Gasteiger partial charge in [-0.1, -0.05) is 35.3 Å². The average Bonchev–Trinajstić information content (AvgIpc) is 2.48. The largest absolute Gasteiger partial charge is 0.271 e. The van der Waals surface area contributed by atoms with Gasteiger partial charge in [-0.3, -0.25) is 20.4 Å². The zero-order valence-corrected chi connectivity index (χ0v) is 12.3. The minimum Gasteiger partial charge on any atom is -0.267 e. The fourth-order valence-corrected chi connectivity index (χ4v) is 2.05. The van der Waals surface area contributed by atoms with Gasteiger partial charge in [-0.05, 0) is 24.3 Å². The first-order valence-corrected chi connectivity index (χ1v) is 6.65. The molecule has 114 valence electrons. The average molecular weight is 345 g/mol. The second-order valence-corrected chi connectivity index (χ2v) is 4.95. The molecule has 4 nitrogen and oxygen atoms in total. The number of nitrogens with one attached hydrogen (secondary N) is 2. The van der Waals surface area contributed by atoms with Gasteiger partial charge in [-0.15, -0.1) is 0 Å². The normalized spacial score (nSPS) is 10.2. The fourth-order valence-electron chi connectivity index (χ4n) is 1.59. The van der Waals surface area contributed by atoms with Gasteiger partial charge in [0.05, 0.1) is 21.2 Å². The molecule has 2 N–H and O–H groups in total. The maximum absolute atomic E-state index is 13.1. The van der Waals surface area contributed by atoms with Crippen molar-refractivity contribution in [3.8, 4) is 0 Å². The lowest BCUT2D eigenvalue weighted by atomic mass is 10.2. The molecule has 0 aliphatic rings. The van der Waals surface area contributed by atoms with E-state index in [2.05, 4.69) is 5.43 Å². The third kappa shape index (κ3) is 3.52. The summed E-state index contributed by atoms with van der Waals surface area (Å²) in [6.07, 6.45) is 0. The highest BCUT2D eigenvalue weighted by atomic mass is 35.5. The van der Waals surface area contributed by atoms with Crippen LogP contribution < -0.4 is 10.9 Å². The van der Waals surface area contributed by atoms with Crippen LogP contribution in [0.25, 0.3) is 0 Å². The summed E-state index contributed by atoms with van der Waals surface area (Å²) < 4.78 is 26.0. The first kappa shape index (κ1) is 16.2. The molecule has 0 atom stereocenters. The van der Waals surface area contributed by atoms with Crippen LogP contribution >= 0.6 is 23.2 Å². The Balaban J connectivity index is 2.09. The van der Waals surface area contributed by atoms with Gasteiger partial charge in [0.1, 0.15) is 0 Å². The van der Waals surface area contributed by atoms with E-state index in [9.17, 15) is 18.4 Å². The third-order valence-corrected chi connectivity index (χ3v) is 3.30. The Kier molecular flexibility index (Phi) is 4.95. The summed E-state index contributed by atoms with van der Waals surface area (Å²) in [5, 5.41) is -0.0940. The van der Waals surface area contributed by atoms with Crippen LogP contribution in [0, 0.1) is 11.6 Å². The molecule has 0 aromatic heterocycles. The van der Waals surface area contributed by atoms with Gasteiger partial charge in [0, 0.05) is 0 Å². The van der Waals surface area contributed by atoms with Crippen LogP contribution in [-0.4, -0.2) is 11.8 Å². The van der Waals surface area contributed by atoms with Gasteiger partial charge in [0.2, 0.25) is 0 Å². The maximum Gasteiger partial charge on any atom is 0.271 e. The Morgan fingerprint density at radius 2 is 1.36 bits per heavy atom. The van der Waals surface area contributed by atoms with E-state index >= 15 is 0 Å². The molecule has 2 aromatic carbocycles. The van der Waals surface area contributed by atoms with Crippen molar-refractivity contribution in [3.63, 3.8) is 0 Å². The summed E-state index contributed by atoms with van der Waals surface area (Å²) in [6, 6.07) is 7.49. The van der Waals surface area contributed by atoms with E-state index in [4.69, 9.17) is 23.2 Å². The number of carbonyl (C=O) groups is 2. The minimum atomic E-state index is -1.23. The summed E-state index contributed by atoms with van der Waals surface area (Å²) in [4.78, 5) is 23.6. The predicted octanol–water partition coefficient (Wildman–Crippen LogP) is 3.35. The van der Waals surface area contributed by atoms with Crippen LogP contribution in [0.1, 0.15) is 20.7 Å². The number of amides is 2. The summed E-state index contributed by atoms with van der Waals surface area (Å²) in [5.74, 6) is -3.98. The number of hydrazine groups is 1. The van der Waals surface area contributed by atoms with Crippen LogP contribution in [0.3, 0.4) is 0 Å². The van der Waals surface area contributed by atoms with E-state index in [1.807, 2.05) is 5.43 Å². The summed E-state index contributed by atoms with van der Waals surface area (Å²) >= 11 is 11.5. The highest BCUT2D eigenvalue weighted by molar-refractivity contribution is 6.34. The molecule has 22 heavy (non-hydrogen) atoms. The maximum atomic E-state index is 13.1. The van der Waals surface area contributed by atoms with Crippen LogP contribution in [-0.2, 0) is 0 Å². The number of halogens is 4. The first-order valence-electron chi connectivity index (χ1n) is 5.90. The summed E-state index contributed by atoms with van der Waals surface area (Å²) in [7, 11) is 0.